The molecule has 1 N–H and O–H groups in total. The van der Waals surface area contributed by atoms with Gasteiger partial charge in [0.2, 0.25) is 0 Å². The van der Waals surface area contributed by atoms with E-state index in [0.717, 1.165) is 34.0 Å². The maximum Gasteiger partial charge on any atom is 0.138 e. The molecule has 1 saturated carbocycles. The largest absolute Gasteiger partial charge is 0.360 e. The van der Waals surface area contributed by atoms with Gasteiger partial charge in [0.25, 0.3) is 0 Å². The highest BCUT2D eigenvalue weighted by atomic mass is 79.9. The number of halogens is 1. The van der Waals surface area contributed by atoms with Crippen molar-refractivity contribution >= 4 is 32.7 Å². The Bertz CT molecular complexity index is 797. The maximum absolute atomic E-state index is 4.46. The van der Waals surface area contributed by atoms with Crippen molar-refractivity contribution in [3.05, 3.63) is 64.9 Å². The smallest absolute Gasteiger partial charge is 0.138 e. The highest BCUT2D eigenvalue weighted by Gasteiger charge is 2.44. The number of nitrogens with zero attached hydrogens (tertiary/aromatic N) is 2. The van der Waals surface area contributed by atoms with Crippen LogP contribution in [0.25, 0.3) is 10.9 Å². The third kappa shape index (κ3) is 2.29. The Balaban J connectivity index is 1.77. The summed E-state index contributed by atoms with van der Waals surface area (Å²) in [6.45, 7) is 0. The van der Waals surface area contributed by atoms with E-state index in [1.165, 1.54) is 5.56 Å². The van der Waals surface area contributed by atoms with E-state index in [9.17, 15) is 0 Å². The Kier molecular flexibility index (Phi) is 2.93. The first kappa shape index (κ1) is 12.8. The zero-order valence-corrected chi connectivity index (χ0v) is 13.0. The lowest BCUT2D eigenvalue weighted by Gasteiger charge is -2.19. The van der Waals surface area contributed by atoms with Crippen LogP contribution in [0.15, 0.2) is 59.3 Å². The van der Waals surface area contributed by atoms with Crippen molar-refractivity contribution in [1.29, 1.82) is 0 Å². The van der Waals surface area contributed by atoms with Crippen LogP contribution in [0.1, 0.15) is 18.4 Å². The molecule has 0 amide bonds. The van der Waals surface area contributed by atoms with Crippen molar-refractivity contribution in [3.63, 3.8) is 0 Å². The number of aromatic nitrogens is 2. The number of benzene rings is 2. The Morgan fingerprint density at radius 3 is 2.57 bits per heavy atom. The number of anilines is 1. The molecule has 0 saturated heterocycles. The average Bonchev–Trinajstić information content (AvgIpc) is 3.30. The molecule has 4 rings (SSSR count). The highest BCUT2D eigenvalue weighted by Crippen LogP contribution is 2.48. The summed E-state index contributed by atoms with van der Waals surface area (Å²) in [6.07, 6.45) is 3.90. The average molecular weight is 340 g/mol. The number of fused-ring (bicyclic) bond motifs is 1. The predicted octanol–water partition coefficient (Wildman–Crippen LogP) is 4.49. The van der Waals surface area contributed by atoms with Crippen molar-refractivity contribution in [2.24, 2.45) is 0 Å². The van der Waals surface area contributed by atoms with E-state index in [2.05, 4.69) is 67.6 Å². The van der Waals surface area contributed by atoms with Crippen LogP contribution in [0.4, 0.5) is 5.82 Å². The molecular weight excluding hydrogens is 326 g/mol. The summed E-state index contributed by atoms with van der Waals surface area (Å²) >= 11 is 3.52. The topological polar surface area (TPSA) is 37.8 Å². The van der Waals surface area contributed by atoms with E-state index in [1.807, 2.05) is 12.1 Å². The minimum atomic E-state index is 0.0326. The molecule has 1 aromatic heterocycles. The quantitative estimate of drug-likeness (QED) is 0.763. The van der Waals surface area contributed by atoms with Gasteiger partial charge in [0.05, 0.1) is 11.1 Å². The molecule has 0 unspecified atom stereocenters. The van der Waals surface area contributed by atoms with Crippen LogP contribution in [0.5, 0.6) is 0 Å². The fourth-order valence-electron chi connectivity index (χ4n) is 2.72. The van der Waals surface area contributed by atoms with Gasteiger partial charge in [-0.15, -0.1) is 0 Å². The summed E-state index contributed by atoms with van der Waals surface area (Å²) in [5.74, 6) is 0.905. The van der Waals surface area contributed by atoms with Crippen LogP contribution in [0, 0.1) is 0 Å². The van der Waals surface area contributed by atoms with Crippen molar-refractivity contribution < 1.29 is 0 Å². The molecular formula is C17H14BrN3. The molecule has 1 aliphatic carbocycles. The minimum Gasteiger partial charge on any atom is -0.360 e. The fourth-order valence-corrected chi connectivity index (χ4v) is 3.08. The van der Waals surface area contributed by atoms with Gasteiger partial charge in [-0.3, -0.25) is 0 Å². The van der Waals surface area contributed by atoms with E-state index in [-0.39, 0.29) is 5.54 Å². The molecule has 0 bridgehead atoms. The van der Waals surface area contributed by atoms with Gasteiger partial charge >= 0.3 is 0 Å². The van der Waals surface area contributed by atoms with Crippen LogP contribution >= 0.6 is 15.9 Å². The van der Waals surface area contributed by atoms with Crippen LogP contribution in [-0.2, 0) is 5.54 Å². The first-order valence-corrected chi connectivity index (χ1v) is 7.80. The third-order valence-corrected chi connectivity index (χ3v) is 4.52. The fraction of sp³-hybridized carbons (Fsp3) is 0.176. The lowest BCUT2D eigenvalue weighted by molar-refractivity contribution is 0.802. The molecule has 0 aliphatic heterocycles. The van der Waals surface area contributed by atoms with Crippen LogP contribution < -0.4 is 5.32 Å². The second kappa shape index (κ2) is 4.81. The standard InChI is InChI=1S/C17H14BrN3/c18-13-6-7-15-14(10-13)16(20-11-19-15)21-17(8-9-17)12-4-2-1-3-5-12/h1-7,10-11H,8-9H2,(H,19,20,21). The Hall–Kier alpha value is -1.94. The summed E-state index contributed by atoms with van der Waals surface area (Å²) in [5.41, 5.74) is 2.32. The SMILES string of the molecule is Brc1ccc2ncnc(NC3(c4ccccc4)CC3)c2c1. The first-order chi connectivity index (χ1) is 10.3. The van der Waals surface area contributed by atoms with Gasteiger partial charge in [0.15, 0.2) is 0 Å². The van der Waals surface area contributed by atoms with Crippen molar-refractivity contribution in [1.82, 2.24) is 9.97 Å². The van der Waals surface area contributed by atoms with Crippen molar-refractivity contribution in [2.45, 2.75) is 18.4 Å². The van der Waals surface area contributed by atoms with E-state index in [4.69, 9.17) is 0 Å². The molecule has 104 valence electrons. The van der Waals surface area contributed by atoms with Crippen molar-refractivity contribution in [2.75, 3.05) is 5.32 Å². The van der Waals surface area contributed by atoms with E-state index >= 15 is 0 Å². The van der Waals surface area contributed by atoms with Crippen LogP contribution in [0.3, 0.4) is 0 Å². The molecule has 3 nitrogen and oxygen atoms in total. The zero-order chi connectivity index (χ0) is 14.3. The van der Waals surface area contributed by atoms with Gasteiger partial charge < -0.3 is 5.32 Å². The third-order valence-electron chi connectivity index (χ3n) is 4.03. The van der Waals surface area contributed by atoms with E-state index in [0.29, 0.717) is 0 Å². The molecule has 0 atom stereocenters. The number of nitrogens with one attached hydrogen (secondary N) is 1. The first-order valence-electron chi connectivity index (χ1n) is 7.01. The molecule has 1 heterocycles. The van der Waals surface area contributed by atoms with Crippen LogP contribution in [0.2, 0.25) is 0 Å². The van der Waals surface area contributed by atoms with E-state index in [1.54, 1.807) is 6.33 Å². The number of hydrogen-bond donors (Lipinski definition) is 1. The van der Waals surface area contributed by atoms with Gasteiger partial charge in [0.1, 0.15) is 12.1 Å². The van der Waals surface area contributed by atoms with Gasteiger partial charge in [0, 0.05) is 9.86 Å². The summed E-state index contributed by atoms with van der Waals surface area (Å²) in [7, 11) is 0. The Morgan fingerprint density at radius 1 is 1.00 bits per heavy atom. The molecule has 2 aromatic carbocycles. The minimum absolute atomic E-state index is 0.0326. The number of rotatable bonds is 3. The second-order valence-electron chi connectivity index (χ2n) is 5.46. The lowest BCUT2D eigenvalue weighted by atomic mass is 10.0. The zero-order valence-electron chi connectivity index (χ0n) is 11.4. The summed E-state index contributed by atoms with van der Waals surface area (Å²) < 4.78 is 1.04. The summed E-state index contributed by atoms with van der Waals surface area (Å²) in [4.78, 5) is 8.79. The molecule has 1 aliphatic rings. The highest BCUT2D eigenvalue weighted by molar-refractivity contribution is 9.10. The van der Waals surface area contributed by atoms with Gasteiger partial charge in [-0.25, -0.2) is 9.97 Å². The number of hydrogen-bond acceptors (Lipinski definition) is 3. The van der Waals surface area contributed by atoms with Gasteiger partial charge in [-0.2, -0.15) is 0 Å². The molecule has 0 spiro atoms. The summed E-state index contributed by atoms with van der Waals surface area (Å²) in [5, 5.41) is 4.69. The Labute approximate surface area is 131 Å². The molecule has 3 aromatic rings. The summed E-state index contributed by atoms with van der Waals surface area (Å²) in [6, 6.07) is 16.7. The lowest BCUT2D eigenvalue weighted by Crippen LogP contribution is -2.19. The monoisotopic (exact) mass is 339 g/mol. The van der Waals surface area contributed by atoms with E-state index < -0.39 is 0 Å². The van der Waals surface area contributed by atoms with Crippen LogP contribution in [-0.4, -0.2) is 9.97 Å². The second-order valence-corrected chi connectivity index (χ2v) is 6.37. The van der Waals surface area contributed by atoms with Gasteiger partial charge in [-0.1, -0.05) is 46.3 Å². The molecule has 1 fully saturated rings. The Morgan fingerprint density at radius 2 is 1.81 bits per heavy atom. The molecule has 0 radical (unpaired) electrons. The maximum atomic E-state index is 4.46. The molecule has 4 heteroatoms. The van der Waals surface area contributed by atoms with Crippen molar-refractivity contribution in [3.8, 4) is 0 Å². The van der Waals surface area contributed by atoms with Gasteiger partial charge in [-0.05, 0) is 36.6 Å². The molecule has 21 heavy (non-hydrogen) atoms. The predicted molar refractivity (Wildman–Crippen MR) is 88.2 cm³/mol. The normalized spacial score (nSPS) is 15.9.